The Morgan fingerprint density at radius 2 is 1.76 bits per heavy atom. The minimum atomic E-state index is -1.40. The third-order valence-corrected chi connectivity index (χ3v) is 3.92. The zero-order valence-electron chi connectivity index (χ0n) is 12.1. The number of carboxylic acid groups (broad SMARTS) is 1. The Kier molecular flexibility index (Phi) is 4.69. The first-order valence-electron chi connectivity index (χ1n) is 6.31. The van der Waals surface area contributed by atoms with Gasteiger partial charge in [-0.3, -0.25) is 39.5 Å². The molecule has 1 aromatic carbocycles. The fourth-order valence-corrected chi connectivity index (χ4v) is 2.79. The largest absolute Gasteiger partial charge is 0.480 e. The number of nitrogen functional groups attached to an aromatic ring is 1. The first-order valence-corrected chi connectivity index (χ1v) is 7.13. The lowest BCUT2D eigenvalue weighted by molar-refractivity contribution is -0.392. The highest BCUT2D eigenvalue weighted by Gasteiger charge is 2.36. The van der Waals surface area contributed by atoms with Gasteiger partial charge in [0.25, 0.3) is 22.5 Å². The predicted octanol–water partition coefficient (Wildman–Crippen LogP) is 1.21. The summed E-state index contributed by atoms with van der Waals surface area (Å²) in [6.07, 6.45) is 1.02. The maximum atomic E-state index is 12.0. The van der Waals surface area contributed by atoms with E-state index < -0.39 is 50.6 Å². The number of hydrogen-bond donors (Lipinski definition) is 2. The second-order valence-electron chi connectivity index (χ2n) is 4.65. The van der Waals surface area contributed by atoms with Gasteiger partial charge in [-0.15, -0.1) is 0 Å². The standard InChI is InChI=1S/C12H8N4O8S/c13-10-6(15(21)22)1-5(2-7(10)16(23)24)3-8-11(19)14(4-9(17)18)12(20)25-8/h1-3H,4,13H2,(H,17,18)/b8-3-. The number of nitrogens with two attached hydrogens (primary N) is 1. The zero-order valence-corrected chi connectivity index (χ0v) is 12.9. The number of nitrogens with zero attached hydrogens (tertiary/aromatic N) is 3. The van der Waals surface area contributed by atoms with Gasteiger partial charge in [0.1, 0.15) is 6.54 Å². The topological polar surface area (TPSA) is 187 Å². The van der Waals surface area contributed by atoms with Gasteiger partial charge in [-0.05, 0) is 23.4 Å². The van der Waals surface area contributed by atoms with E-state index in [1.807, 2.05) is 0 Å². The summed E-state index contributed by atoms with van der Waals surface area (Å²) in [5, 5.41) is 29.8. The van der Waals surface area contributed by atoms with Gasteiger partial charge in [0.15, 0.2) is 5.69 Å². The van der Waals surface area contributed by atoms with Gasteiger partial charge in [-0.25, -0.2) is 0 Å². The number of amides is 2. The van der Waals surface area contributed by atoms with E-state index in [4.69, 9.17) is 10.8 Å². The van der Waals surface area contributed by atoms with E-state index in [1.54, 1.807) is 0 Å². The van der Waals surface area contributed by atoms with E-state index in [0.717, 1.165) is 18.2 Å². The monoisotopic (exact) mass is 368 g/mol. The normalized spacial score (nSPS) is 15.7. The van der Waals surface area contributed by atoms with Gasteiger partial charge in [0, 0.05) is 12.1 Å². The highest BCUT2D eigenvalue weighted by molar-refractivity contribution is 8.18. The molecule has 1 aliphatic rings. The summed E-state index contributed by atoms with van der Waals surface area (Å²) in [5.41, 5.74) is 3.17. The quantitative estimate of drug-likeness (QED) is 0.331. The number of rotatable bonds is 5. The van der Waals surface area contributed by atoms with E-state index in [9.17, 15) is 34.6 Å². The van der Waals surface area contributed by atoms with Crippen LogP contribution in [0, 0.1) is 20.2 Å². The Morgan fingerprint density at radius 3 is 2.20 bits per heavy atom. The molecule has 25 heavy (non-hydrogen) atoms. The van der Waals surface area contributed by atoms with Gasteiger partial charge in [0.05, 0.1) is 14.8 Å². The number of anilines is 1. The lowest BCUT2D eigenvalue weighted by Crippen LogP contribution is -2.33. The fraction of sp³-hybridized carbons (Fsp3) is 0.0833. The van der Waals surface area contributed by atoms with Gasteiger partial charge in [0.2, 0.25) is 0 Å². The lowest BCUT2D eigenvalue weighted by Gasteiger charge is -2.07. The number of imide groups is 1. The van der Waals surface area contributed by atoms with Crippen LogP contribution in [0.5, 0.6) is 0 Å². The lowest BCUT2D eigenvalue weighted by atomic mass is 10.1. The SMILES string of the molecule is Nc1c([N+](=O)[O-])cc(/C=C2\SC(=O)N(CC(=O)O)C2=O)cc1[N+](=O)[O-]. The molecule has 2 amide bonds. The molecule has 130 valence electrons. The fourth-order valence-electron chi connectivity index (χ4n) is 1.95. The van der Waals surface area contributed by atoms with Crippen LogP contribution in [0.2, 0.25) is 0 Å². The first-order chi connectivity index (χ1) is 11.6. The average Bonchev–Trinajstić information content (AvgIpc) is 2.75. The van der Waals surface area contributed by atoms with Crippen LogP contribution < -0.4 is 5.73 Å². The van der Waals surface area contributed by atoms with Crippen molar-refractivity contribution >= 4 is 52.0 Å². The molecular weight excluding hydrogens is 360 g/mol. The van der Waals surface area contributed by atoms with Crippen LogP contribution in [0.1, 0.15) is 5.56 Å². The molecule has 1 fully saturated rings. The summed E-state index contributed by atoms with van der Waals surface area (Å²) in [6, 6.07) is 1.82. The molecule has 0 saturated carbocycles. The molecule has 0 spiro atoms. The van der Waals surface area contributed by atoms with Crippen molar-refractivity contribution in [1.82, 2.24) is 4.90 Å². The second-order valence-corrected chi connectivity index (χ2v) is 5.64. The molecule has 2 rings (SSSR count). The summed E-state index contributed by atoms with van der Waals surface area (Å²) < 4.78 is 0. The number of carboxylic acids is 1. The van der Waals surface area contributed by atoms with Crippen LogP contribution in [0.25, 0.3) is 6.08 Å². The van der Waals surface area contributed by atoms with Crippen molar-refractivity contribution in [2.45, 2.75) is 0 Å². The highest BCUT2D eigenvalue weighted by atomic mass is 32.2. The minimum absolute atomic E-state index is 0.103. The Labute approximate surface area is 142 Å². The van der Waals surface area contributed by atoms with Crippen molar-refractivity contribution in [2.75, 3.05) is 12.3 Å². The number of benzene rings is 1. The van der Waals surface area contributed by atoms with E-state index in [0.29, 0.717) is 16.7 Å². The van der Waals surface area contributed by atoms with Crippen LogP contribution in [0.3, 0.4) is 0 Å². The Morgan fingerprint density at radius 1 is 1.24 bits per heavy atom. The van der Waals surface area contributed by atoms with Crippen molar-refractivity contribution in [1.29, 1.82) is 0 Å². The van der Waals surface area contributed by atoms with Crippen LogP contribution in [-0.4, -0.2) is 43.5 Å². The Balaban J connectivity index is 2.49. The molecule has 0 bridgehead atoms. The molecule has 0 unspecified atom stereocenters. The van der Waals surface area contributed by atoms with Crippen molar-refractivity contribution in [3.63, 3.8) is 0 Å². The maximum absolute atomic E-state index is 12.0. The Bertz CT molecular complexity index is 830. The Hall–Kier alpha value is -3.48. The summed E-state index contributed by atoms with van der Waals surface area (Å²) in [5.74, 6) is -2.32. The molecule has 1 heterocycles. The second kappa shape index (κ2) is 6.56. The van der Waals surface area contributed by atoms with E-state index in [1.165, 1.54) is 0 Å². The zero-order chi connectivity index (χ0) is 18.9. The minimum Gasteiger partial charge on any atom is -0.480 e. The molecule has 3 N–H and O–H groups in total. The predicted molar refractivity (Wildman–Crippen MR) is 84.5 cm³/mol. The van der Waals surface area contributed by atoms with Crippen molar-refractivity contribution in [3.8, 4) is 0 Å². The first kappa shape index (κ1) is 17.9. The molecule has 0 atom stereocenters. The van der Waals surface area contributed by atoms with Crippen LogP contribution in [-0.2, 0) is 9.59 Å². The van der Waals surface area contributed by atoms with Crippen LogP contribution in [0.4, 0.5) is 21.9 Å². The van der Waals surface area contributed by atoms with Crippen LogP contribution >= 0.6 is 11.8 Å². The number of hydrogen-bond acceptors (Lipinski definition) is 9. The van der Waals surface area contributed by atoms with E-state index in [2.05, 4.69) is 0 Å². The number of nitro groups is 2. The summed E-state index contributed by atoms with van der Waals surface area (Å²) >= 11 is 0.416. The number of nitro benzene ring substituents is 2. The molecule has 0 aromatic heterocycles. The molecule has 0 radical (unpaired) electrons. The van der Waals surface area contributed by atoms with Gasteiger partial charge in [-0.2, -0.15) is 0 Å². The molecule has 0 aliphatic carbocycles. The van der Waals surface area contributed by atoms with E-state index in [-0.39, 0.29) is 10.5 Å². The molecule has 13 heteroatoms. The summed E-state index contributed by atoms with van der Waals surface area (Å²) in [4.78, 5) is 54.6. The number of thioether (sulfide) groups is 1. The number of aliphatic carboxylic acids is 1. The summed E-state index contributed by atoms with van der Waals surface area (Å²) in [6.45, 7) is -0.843. The molecular formula is C12H8N4O8S. The molecule has 1 aliphatic heterocycles. The van der Waals surface area contributed by atoms with Gasteiger partial charge in [-0.1, -0.05) is 0 Å². The van der Waals surface area contributed by atoms with Crippen molar-refractivity contribution in [3.05, 3.63) is 42.8 Å². The molecule has 1 aromatic rings. The van der Waals surface area contributed by atoms with Crippen molar-refractivity contribution in [2.24, 2.45) is 0 Å². The number of carbonyl (C=O) groups excluding carboxylic acids is 2. The molecule has 1 saturated heterocycles. The average molecular weight is 368 g/mol. The third-order valence-electron chi connectivity index (χ3n) is 3.02. The number of carbonyl (C=O) groups is 3. The highest BCUT2D eigenvalue weighted by Crippen LogP contribution is 2.36. The molecule has 12 nitrogen and oxygen atoms in total. The summed E-state index contributed by atoms with van der Waals surface area (Å²) in [7, 11) is 0. The smallest absolute Gasteiger partial charge is 0.323 e. The van der Waals surface area contributed by atoms with Crippen molar-refractivity contribution < 1.29 is 29.3 Å². The van der Waals surface area contributed by atoms with Gasteiger partial charge < -0.3 is 10.8 Å². The third kappa shape index (κ3) is 3.55. The maximum Gasteiger partial charge on any atom is 0.323 e. The van der Waals surface area contributed by atoms with Gasteiger partial charge >= 0.3 is 5.97 Å². The van der Waals surface area contributed by atoms with E-state index >= 15 is 0 Å². The van der Waals surface area contributed by atoms with Crippen LogP contribution in [0.15, 0.2) is 17.0 Å².